The van der Waals surface area contributed by atoms with Crippen molar-refractivity contribution in [1.29, 1.82) is 0 Å². The van der Waals surface area contributed by atoms with Gasteiger partial charge in [0, 0.05) is 30.9 Å². The summed E-state index contributed by atoms with van der Waals surface area (Å²) in [5.74, 6) is 1.76. The van der Waals surface area contributed by atoms with Gasteiger partial charge in [-0.1, -0.05) is 0 Å². The molecular weight excluding hydrogens is 205 g/mol. The highest BCUT2D eigenvalue weighted by Gasteiger charge is 2.26. The maximum atomic E-state index is 11.8. The maximum Gasteiger partial charge on any atom is 0.109 e. The molecule has 0 atom stereocenters. The van der Waals surface area contributed by atoms with Crippen molar-refractivity contribution in [3.8, 4) is 0 Å². The van der Waals surface area contributed by atoms with E-state index in [0.717, 1.165) is 11.5 Å². The minimum Gasteiger partial charge on any atom is -0.345 e. The largest absolute Gasteiger partial charge is 0.345 e. The van der Waals surface area contributed by atoms with Crippen molar-refractivity contribution in [1.82, 2.24) is 15.3 Å². The number of H-pyrrole nitrogens is 1. The summed E-state index contributed by atoms with van der Waals surface area (Å²) in [6.45, 7) is 0.783. The standard InChI is InChI=1S/C9H14FN3.ClH/c10-3-4-11-5-8-6-12-9(13-8)7-1-2-7;/h6-7,11H,1-5H2,(H,12,13);1H. The molecule has 1 heterocycles. The lowest BCUT2D eigenvalue weighted by molar-refractivity contribution is 0.465. The lowest BCUT2D eigenvalue weighted by Crippen LogP contribution is -2.16. The van der Waals surface area contributed by atoms with E-state index >= 15 is 0 Å². The molecule has 0 aromatic carbocycles. The van der Waals surface area contributed by atoms with Gasteiger partial charge >= 0.3 is 0 Å². The fourth-order valence-corrected chi connectivity index (χ4v) is 1.32. The molecule has 0 spiro atoms. The van der Waals surface area contributed by atoms with Crippen LogP contribution in [-0.4, -0.2) is 23.2 Å². The number of hydrogen-bond donors (Lipinski definition) is 2. The van der Waals surface area contributed by atoms with Crippen LogP contribution in [-0.2, 0) is 6.54 Å². The predicted octanol–water partition coefficient (Wildman–Crippen LogP) is 1.77. The van der Waals surface area contributed by atoms with E-state index in [1.807, 2.05) is 6.20 Å². The number of nitrogens with zero attached hydrogens (tertiary/aromatic N) is 1. The van der Waals surface area contributed by atoms with Crippen LogP contribution in [0, 0.1) is 0 Å². The molecule has 0 saturated heterocycles. The van der Waals surface area contributed by atoms with Crippen molar-refractivity contribution < 1.29 is 4.39 Å². The molecule has 1 aliphatic carbocycles. The van der Waals surface area contributed by atoms with Gasteiger partial charge in [0.1, 0.15) is 12.5 Å². The van der Waals surface area contributed by atoms with E-state index in [1.165, 1.54) is 12.8 Å². The average molecular weight is 220 g/mol. The first kappa shape index (κ1) is 11.5. The average Bonchev–Trinajstić information content (AvgIpc) is 2.88. The minimum absolute atomic E-state index is 0. The zero-order valence-electron chi connectivity index (χ0n) is 7.92. The Kier molecular flexibility index (Phi) is 4.35. The number of alkyl halides is 1. The topological polar surface area (TPSA) is 40.7 Å². The summed E-state index contributed by atoms with van der Waals surface area (Å²) in [5, 5.41) is 2.98. The summed E-state index contributed by atoms with van der Waals surface area (Å²) in [6.07, 6.45) is 4.34. The van der Waals surface area contributed by atoms with Crippen LogP contribution in [0.4, 0.5) is 4.39 Å². The Morgan fingerprint density at radius 1 is 1.57 bits per heavy atom. The van der Waals surface area contributed by atoms with E-state index in [0.29, 0.717) is 19.0 Å². The molecule has 0 bridgehead atoms. The fourth-order valence-electron chi connectivity index (χ4n) is 1.32. The number of rotatable bonds is 5. The first-order valence-electron chi connectivity index (χ1n) is 4.70. The number of aromatic nitrogens is 2. The lowest BCUT2D eigenvalue weighted by Gasteiger charge is -1.97. The van der Waals surface area contributed by atoms with E-state index < -0.39 is 0 Å². The Hall–Kier alpha value is -0.610. The third-order valence-corrected chi connectivity index (χ3v) is 2.20. The van der Waals surface area contributed by atoms with Crippen molar-refractivity contribution in [3.05, 3.63) is 17.7 Å². The van der Waals surface area contributed by atoms with Crippen LogP contribution in [0.3, 0.4) is 0 Å². The van der Waals surface area contributed by atoms with Gasteiger partial charge in [-0.3, -0.25) is 0 Å². The molecule has 5 heteroatoms. The summed E-state index contributed by atoms with van der Waals surface area (Å²) in [4.78, 5) is 7.51. The zero-order chi connectivity index (χ0) is 9.10. The highest BCUT2D eigenvalue weighted by Crippen LogP contribution is 2.37. The van der Waals surface area contributed by atoms with Gasteiger partial charge in [-0.15, -0.1) is 12.4 Å². The third-order valence-electron chi connectivity index (χ3n) is 2.20. The Bertz CT molecular complexity index is 273. The molecular formula is C9H15ClFN3. The van der Waals surface area contributed by atoms with Crippen molar-refractivity contribution in [2.24, 2.45) is 0 Å². The van der Waals surface area contributed by atoms with Crippen LogP contribution < -0.4 is 5.32 Å². The Balaban J connectivity index is 0.000000980. The van der Waals surface area contributed by atoms with Gasteiger partial charge in [0.2, 0.25) is 0 Å². The van der Waals surface area contributed by atoms with Crippen molar-refractivity contribution in [2.45, 2.75) is 25.3 Å². The predicted molar refractivity (Wildman–Crippen MR) is 55.5 cm³/mol. The summed E-state index contributed by atoms with van der Waals surface area (Å²) in [5.41, 5.74) is 1.05. The van der Waals surface area contributed by atoms with Gasteiger partial charge in [0.25, 0.3) is 0 Å². The first-order valence-corrected chi connectivity index (χ1v) is 4.70. The highest BCUT2D eigenvalue weighted by molar-refractivity contribution is 5.85. The number of imidazole rings is 1. The van der Waals surface area contributed by atoms with E-state index in [9.17, 15) is 4.39 Å². The van der Waals surface area contributed by atoms with E-state index in [-0.39, 0.29) is 19.1 Å². The molecule has 14 heavy (non-hydrogen) atoms. The van der Waals surface area contributed by atoms with Crippen molar-refractivity contribution in [2.75, 3.05) is 13.2 Å². The molecule has 80 valence electrons. The lowest BCUT2D eigenvalue weighted by atomic mass is 10.4. The molecule has 1 aromatic heterocycles. The molecule has 0 radical (unpaired) electrons. The Morgan fingerprint density at radius 3 is 3.00 bits per heavy atom. The molecule has 0 aliphatic heterocycles. The molecule has 0 unspecified atom stereocenters. The number of aromatic amines is 1. The quantitative estimate of drug-likeness (QED) is 0.742. The second-order valence-electron chi connectivity index (χ2n) is 3.43. The minimum atomic E-state index is -0.316. The van der Waals surface area contributed by atoms with Gasteiger partial charge in [-0.2, -0.15) is 0 Å². The number of nitrogens with one attached hydrogen (secondary N) is 2. The van der Waals surface area contributed by atoms with Crippen molar-refractivity contribution >= 4 is 12.4 Å². The maximum absolute atomic E-state index is 11.8. The number of halogens is 2. The second kappa shape index (κ2) is 5.32. The van der Waals surface area contributed by atoms with Gasteiger partial charge in [-0.25, -0.2) is 9.37 Å². The molecule has 2 rings (SSSR count). The van der Waals surface area contributed by atoms with Gasteiger partial charge < -0.3 is 10.3 Å². The van der Waals surface area contributed by atoms with Crippen LogP contribution >= 0.6 is 12.4 Å². The Labute approximate surface area is 88.9 Å². The van der Waals surface area contributed by atoms with Crippen LogP contribution in [0.15, 0.2) is 6.20 Å². The fraction of sp³-hybridized carbons (Fsp3) is 0.667. The van der Waals surface area contributed by atoms with Gasteiger partial charge in [-0.05, 0) is 12.8 Å². The molecule has 0 amide bonds. The van der Waals surface area contributed by atoms with E-state index in [1.54, 1.807) is 0 Å². The SMILES string of the molecule is Cl.FCCNCc1cnc(C2CC2)[nH]1. The second-order valence-corrected chi connectivity index (χ2v) is 3.43. The summed E-state index contributed by atoms with van der Waals surface area (Å²) < 4.78 is 11.8. The van der Waals surface area contributed by atoms with Crippen molar-refractivity contribution in [3.63, 3.8) is 0 Å². The summed E-state index contributed by atoms with van der Waals surface area (Å²) >= 11 is 0. The molecule has 1 fully saturated rings. The molecule has 3 nitrogen and oxygen atoms in total. The normalized spacial score (nSPS) is 15.2. The molecule has 1 saturated carbocycles. The first-order chi connectivity index (χ1) is 6.40. The van der Waals surface area contributed by atoms with Gasteiger partial charge in [0.15, 0.2) is 0 Å². The highest BCUT2D eigenvalue weighted by atomic mass is 35.5. The molecule has 2 N–H and O–H groups in total. The number of hydrogen-bond acceptors (Lipinski definition) is 2. The Morgan fingerprint density at radius 2 is 2.36 bits per heavy atom. The smallest absolute Gasteiger partial charge is 0.109 e. The van der Waals surface area contributed by atoms with Crippen LogP contribution in [0.1, 0.15) is 30.3 Å². The summed E-state index contributed by atoms with van der Waals surface area (Å²) in [6, 6.07) is 0. The molecule has 1 aromatic rings. The van der Waals surface area contributed by atoms with Crippen LogP contribution in [0.5, 0.6) is 0 Å². The van der Waals surface area contributed by atoms with Crippen LogP contribution in [0.2, 0.25) is 0 Å². The monoisotopic (exact) mass is 219 g/mol. The van der Waals surface area contributed by atoms with Crippen LogP contribution in [0.25, 0.3) is 0 Å². The summed E-state index contributed by atoms with van der Waals surface area (Å²) in [7, 11) is 0. The third kappa shape index (κ3) is 2.96. The molecule has 1 aliphatic rings. The zero-order valence-corrected chi connectivity index (χ0v) is 8.74. The van der Waals surface area contributed by atoms with E-state index in [4.69, 9.17) is 0 Å². The van der Waals surface area contributed by atoms with Gasteiger partial charge in [0.05, 0.1) is 0 Å². The van der Waals surface area contributed by atoms with E-state index in [2.05, 4.69) is 15.3 Å².